The standard InChI is InChI=1S/C36H48FNO4S/c1-5-36(19-6-7-20-36)23-24(2)31(39)22-25-17-18-27(21-25)42-32-16-10-14-29(35(40)38-43(3,4)41)34(32)28-13-9-15-30(37)33(28)26-11-8-12-26/h9-10,13-16,24-27H,3,5-8,11-12,17-23H2,1-2,4H3,(H,38,40,41)/t24-,25-,27?,43?/m1/s1. The van der Waals surface area contributed by atoms with Gasteiger partial charge in [0, 0.05) is 33.9 Å². The molecule has 3 fully saturated rings. The van der Waals surface area contributed by atoms with E-state index < -0.39 is 15.6 Å². The van der Waals surface area contributed by atoms with Crippen molar-refractivity contribution in [3.63, 3.8) is 0 Å². The van der Waals surface area contributed by atoms with Crippen molar-refractivity contribution in [1.82, 2.24) is 4.72 Å². The second kappa shape index (κ2) is 13.1. The van der Waals surface area contributed by atoms with E-state index in [0.717, 1.165) is 51.4 Å². The fraction of sp³-hybridized carbons (Fsp3) is 0.583. The third kappa shape index (κ3) is 7.35. The third-order valence-electron chi connectivity index (χ3n) is 10.4. The highest BCUT2D eigenvalue weighted by Gasteiger charge is 2.37. The summed E-state index contributed by atoms with van der Waals surface area (Å²) >= 11 is 0. The minimum atomic E-state index is -2.82. The molecule has 0 radical (unpaired) electrons. The fourth-order valence-electron chi connectivity index (χ4n) is 7.79. The van der Waals surface area contributed by atoms with Gasteiger partial charge in [-0.15, -0.1) is 0 Å². The number of ether oxygens (including phenoxy) is 1. The molecule has 3 aliphatic carbocycles. The Balaban J connectivity index is 1.36. The van der Waals surface area contributed by atoms with E-state index in [1.165, 1.54) is 38.0 Å². The van der Waals surface area contributed by atoms with E-state index in [1.807, 2.05) is 12.1 Å². The quantitative estimate of drug-likeness (QED) is 0.246. The lowest BCUT2D eigenvalue weighted by atomic mass is 9.74. The summed E-state index contributed by atoms with van der Waals surface area (Å²) in [5.74, 6) is 4.10. The van der Waals surface area contributed by atoms with Crippen molar-refractivity contribution >= 4 is 27.3 Å². The van der Waals surface area contributed by atoms with Crippen LogP contribution in [0.4, 0.5) is 4.39 Å². The number of nitrogens with one attached hydrogen (secondary N) is 1. The highest BCUT2D eigenvalue weighted by molar-refractivity contribution is 7.98. The molecule has 7 heteroatoms. The number of carbonyl (C=O) groups excluding carboxylic acids is 2. The van der Waals surface area contributed by atoms with Crippen LogP contribution in [-0.4, -0.2) is 34.1 Å². The lowest BCUT2D eigenvalue weighted by Gasteiger charge is -2.30. The Morgan fingerprint density at radius 1 is 1.09 bits per heavy atom. The monoisotopic (exact) mass is 609 g/mol. The average Bonchev–Trinajstić information content (AvgIpc) is 3.57. The number of halogens is 1. The van der Waals surface area contributed by atoms with Crippen LogP contribution in [0.2, 0.25) is 0 Å². The van der Waals surface area contributed by atoms with Gasteiger partial charge in [0.1, 0.15) is 17.3 Å². The van der Waals surface area contributed by atoms with Crippen molar-refractivity contribution in [3.05, 3.63) is 53.3 Å². The first-order valence-corrected chi connectivity index (χ1v) is 18.4. The predicted molar refractivity (Wildman–Crippen MR) is 173 cm³/mol. The highest BCUT2D eigenvalue weighted by atomic mass is 32.2. The molecule has 0 saturated heterocycles. The zero-order chi connectivity index (χ0) is 30.8. The number of Topliss-reactive ketones (excluding diaryl/α,β-unsaturated/α-hetero) is 1. The minimum Gasteiger partial charge on any atom is -0.490 e. The Bertz CT molecular complexity index is 1440. The number of rotatable bonds is 12. The number of amides is 1. The molecule has 0 aromatic heterocycles. The van der Waals surface area contributed by atoms with Gasteiger partial charge in [0.05, 0.1) is 11.7 Å². The summed E-state index contributed by atoms with van der Waals surface area (Å²) < 4.78 is 36.9. The summed E-state index contributed by atoms with van der Waals surface area (Å²) in [6.07, 6.45) is 14.4. The summed E-state index contributed by atoms with van der Waals surface area (Å²) in [6.45, 7) is 4.38. The van der Waals surface area contributed by atoms with E-state index in [-0.39, 0.29) is 35.2 Å². The fourth-order valence-corrected chi connectivity index (χ4v) is 8.29. The number of hydrogen-bond donors (Lipinski definition) is 1. The molecule has 1 amide bonds. The van der Waals surface area contributed by atoms with E-state index in [4.69, 9.17) is 4.74 Å². The first-order valence-electron chi connectivity index (χ1n) is 16.2. The van der Waals surface area contributed by atoms with Gasteiger partial charge in [-0.05, 0) is 104 Å². The maximum absolute atomic E-state index is 15.3. The van der Waals surface area contributed by atoms with Gasteiger partial charge in [-0.25, -0.2) is 8.60 Å². The molecule has 3 saturated carbocycles. The zero-order valence-corrected chi connectivity index (χ0v) is 26.9. The minimum absolute atomic E-state index is 0.0830. The van der Waals surface area contributed by atoms with Gasteiger partial charge in [0.25, 0.3) is 5.91 Å². The molecule has 2 unspecified atom stereocenters. The van der Waals surface area contributed by atoms with Crippen LogP contribution in [-0.2, 0) is 14.5 Å². The van der Waals surface area contributed by atoms with E-state index in [0.29, 0.717) is 40.1 Å². The number of carbonyl (C=O) groups is 2. The summed E-state index contributed by atoms with van der Waals surface area (Å²) in [6, 6.07) is 10.3. The summed E-state index contributed by atoms with van der Waals surface area (Å²) in [7, 11) is -2.82. The van der Waals surface area contributed by atoms with Gasteiger partial charge in [-0.2, -0.15) is 0 Å². The Morgan fingerprint density at radius 2 is 1.81 bits per heavy atom. The number of ketones is 1. The van der Waals surface area contributed by atoms with Crippen molar-refractivity contribution in [1.29, 1.82) is 0 Å². The van der Waals surface area contributed by atoms with Crippen molar-refractivity contribution < 1.29 is 22.9 Å². The van der Waals surface area contributed by atoms with Crippen LogP contribution in [0.15, 0.2) is 36.4 Å². The van der Waals surface area contributed by atoms with Crippen LogP contribution in [0.25, 0.3) is 11.1 Å². The van der Waals surface area contributed by atoms with E-state index in [9.17, 15) is 13.8 Å². The maximum atomic E-state index is 15.3. The van der Waals surface area contributed by atoms with Gasteiger partial charge < -0.3 is 4.74 Å². The Kier molecular flexibility index (Phi) is 9.70. The molecule has 5 nitrogen and oxygen atoms in total. The van der Waals surface area contributed by atoms with Crippen molar-refractivity contribution in [3.8, 4) is 16.9 Å². The SMILES string of the molecule is C=S(C)(=O)NC(=O)c1cccc(OC2CC[C@@H](CC(=O)[C@H](C)CC3(CC)CCCC3)C2)c1-c1cccc(F)c1C1CCC1. The van der Waals surface area contributed by atoms with Crippen LogP contribution in [0, 0.1) is 23.1 Å². The molecule has 2 aromatic rings. The third-order valence-corrected chi connectivity index (χ3v) is 11.0. The second-order valence-electron chi connectivity index (χ2n) is 13.7. The molecular formula is C36H48FNO4S. The maximum Gasteiger partial charge on any atom is 0.263 e. The molecule has 0 spiro atoms. The number of benzene rings is 2. The lowest BCUT2D eigenvalue weighted by molar-refractivity contribution is -0.124. The molecule has 5 rings (SSSR count). The Labute approximate surface area is 257 Å². The van der Waals surface area contributed by atoms with Crippen molar-refractivity contribution in [2.75, 3.05) is 6.26 Å². The molecule has 43 heavy (non-hydrogen) atoms. The molecule has 4 atom stereocenters. The highest BCUT2D eigenvalue weighted by Crippen LogP contribution is 2.48. The second-order valence-corrected chi connectivity index (χ2v) is 15.9. The lowest BCUT2D eigenvalue weighted by Crippen LogP contribution is -2.30. The largest absolute Gasteiger partial charge is 0.490 e. The van der Waals surface area contributed by atoms with Gasteiger partial charge >= 0.3 is 0 Å². The molecule has 0 bridgehead atoms. The summed E-state index contributed by atoms with van der Waals surface area (Å²) in [4.78, 5) is 26.7. The normalized spacial score (nSPS) is 23.7. The topological polar surface area (TPSA) is 72.5 Å². The summed E-state index contributed by atoms with van der Waals surface area (Å²) in [5.41, 5.74) is 2.42. The van der Waals surface area contributed by atoms with Crippen LogP contribution < -0.4 is 9.46 Å². The molecule has 2 aromatic carbocycles. The van der Waals surface area contributed by atoms with Crippen molar-refractivity contribution in [2.24, 2.45) is 17.3 Å². The van der Waals surface area contributed by atoms with Gasteiger partial charge in [-0.1, -0.05) is 57.7 Å². The van der Waals surface area contributed by atoms with Gasteiger partial charge in [0.2, 0.25) is 0 Å². The first-order chi connectivity index (χ1) is 20.5. The van der Waals surface area contributed by atoms with E-state index >= 15 is 4.39 Å². The Morgan fingerprint density at radius 3 is 2.47 bits per heavy atom. The molecular weight excluding hydrogens is 561 g/mol. The zero-order valence-electron chi connectivity index (χ0n) is 26.1. The Hall–Kier alpha value is -2.67. The summed E-state index contributed by atoms with van der Waals surface area (Å²) in [5, 5.41) is 0. The van der Waals surface area contributed by atoms with Crippen LogP contribution >= 0.6 is 0 Å². The average molecular weight is 610 g/mol. The first kappa shape index (κ1) is 31.7. The molecule has 1 N–H and O–H groups in total. The molecule has 234 valence electrons. The van der Waals surface area contributed by atoms with Crippen molar-refractivity contribution in [2.45, 2.75) is 109 Å². The van der Waals surface area contributed by atoms with Crippen LogP contribution in [0.3, 0.4) is 0 Å². The van der Waals surface area contributed by atoms with E-state index in [1.54, 1.807) is 18.2 Å². The van der Waals surface area contributed by atoms with E-state index in [2.05, 4.69) is 24.4 Å². The molecule has 3 aliphatic rings. The molecule has 0 heterocycles. The van der Waals surface area contributed by atoms with Gasteiger partial charge in [-0.3, -0.25) is 14.3 Å². The van der Waals surface area contributed by atoms with Crippen LogP contribution in [0.5, 0.6) is 5.75 Å². The predicted octanol–water partition coefficient (Wildman–Crippen LogP) is 8.25. The van der Waals surface area contributed by atoms with Crippen LogP contribution in [0.1, 0.15) is 119 Å². The number of hydrogen-bond acceptors (Lipinski definition) is 4. The smallest absolute Gasteiger partial charge is 0.263 e. The molecule has 0 aliphatic heterocycles. The van der Waals surface area contributed by atoms with Gasteiger partial charge in [0.15, 0.2) is 0 Å².